The number of anilines is 2. The monoisotopic (exact) mass is 321 g/mol. The number of benzene rings is 2. The summed E-state index contributed by atoms with van der Waals surface area (Å²) in [6, 6.07) is 15.1. The molecule has 0 aromatic heterocycles. The second kappa shape index (κ2) is 6.66. The minimum Gasteiger partial charge on any atom is -0.321 e. The number of rotatable bonds is 3. The molecule has 3 rings (SSSR count). The summed E-state index contributed by atoms with van der Waals surface area (Å²) < 4.78 is 0. The molecule has 5 heteroatoms. The number of hydrogen-bond donors (Lipinski definition) is 1. The molecule has 0 unspecified atom stereocenters. The maximum atomic E-state index is 12.4. The van der Waals surface area contributed by atoms with Crippen LogP contribution in [0.25, 0.3) is 0 Å². The van der Waals surface area contributed by atoms with Crippen LogP contribution >= 0.6 is 0 Å². The van der Waals surface area contributed by atoms with E-state index >= 15 is 0 Å². The van der Waals surface area contributed by atoms with Crippen LogP contribution in [0.15, 0.2) is 53.6 Å². The Bertz CT molecular complexity index is 810. The van der Waals surface area contributed by atoms with Gasteiger partial charge in [-0.25, -0.2) is 5.01 Å². The smallest absolute Gasteiger partial charge is 0.271 e. The van der Waals surface area contributed by atoms with Crippen molar-refractivity contribution in [3.8, 4) is 0 Å². The SMILES string of the molecule is Cc1ccc(NC(=O)C2=NN(c3cccc(C)c3)C(=O)CC2)cc1. The van der Waals surface area contributed by atoms with Gasteiger partial charge in [-0.1, -0.05) is 29.8 Å². The first kappa shape index (κ1) is 15.9. The highest BCUT2D eigenvalue weighted by Gasteiger charge is 2.25. The van der Waals surface area contributed by atoms with E-state index in [1.807, 2.05) is 62.4 Å². The van der Waals surface area contributed by atoms with Crippen molar-refractivity contribution in [3.05, 3.63) is 59.7 Å². The molecule has 1 aliphatic rings. The van der Waals surface area contributed by atoms with E-state index in [2.05, 4.69) is 10.4 Å². The topological polar surface area (TPSA) is 61.8 Å². The summed E-state index contributed by atoms with van der Waals surface area (Å²) in [5.74, 6) is -0.378. The molecular weight excluding hydrogens is 302 g/mol. The Morgan fingerprint density at radius 3 is 2.50 bits per heavy atom. The molecule has 1 aliphatic heterocycles. The van der Waals surface area contributed by atoms with Gasteiger partial charge in [0, 0.05) is 18.5 Å². The number of amides is 2. The van der Waals surface area contributed by atoms with E-state index in [1.165, 1.54) is 5.01 Å². The van der Waals surface area contributed by atoms with E-state index in [0.29, 0.717) is 23.5 Å². The zero-order chi connectivity index (χ0) is 17.1. The van der Waals surface area contributed by atoms with Gasteiger partial charge in [-0.2, -0.15) is 5.10 Å². The summed E-state index contributed by atoms with van der Waals surface area (Å²) >= 11 is 0. The maximum Gasteiger partial charge on any atom is 0.271 e. The van der Waals surface area contributed by atoms with Crippen molar-refractivity contribution in [1.29, 1.82) is 0 Å². The van der Waals surface area contributed by atoms with Crippen LogP contribution in [0.1, 0.15) is 24.0 Å². The van der Waals surface area contributed by atoms with Gasteiger partial charge in [-0.3, -0.25) is 9.59 Å². The Labute approximate surface area is 141 Å². The number of aryl methyl sites for hydroxylation is 2. The van der Waals surface area contributed by atoms with Crippen LogP contribution in [-0.2, 0) is 9.59 Å². The molecule has 0 fully saturated rings. The molecule has 0 atom stereocenters. The van der Waals surface area contributed by atoms with Crippen LogP contribution in [0.5, 0.6) is 0 Å². The predicted octanol–water partition coefficient (Wildman–Crippen LogP) is 3.42. The molecule has 2 amide bonds. The number of nitrogens with one attached hydrogen (secondary N) is 1. The molecule has 0 saturated heterocycles. The second-order valence-corrected chi connectivity index (χ2v) is 5.91. The van der Waals surface area contributed by atoms with Gasteiger partial charge in [-0.05, 0) is 43.7 Å². The van der Waals surface area contributed by atoms with Gasteiger partial charge in [0.25, 0.3) is 5.91 Å². The summed E-state index contributed by atoms with van der Waals surface area (Å²) in [6.45, 7) is 3.94. The first-order valence-corrected chi connectivity index (χ1v) is 7.88. The fourth-order valence-electron chi connectivity index (χ4n) is 2.52. The van der Waals surface area contributed by atoms with Crippen molar-refractivity contribution in [1.82, 2.24) is 0 Å². The molecule has 0 saturated carbocycles. The third-order valence-electron chi connectivity index (χ3n) is 3.85. The van der Waals surface area contributed by atoms with Crippen molar-refractivity contribution in [2.45, 2.75) is 26.7 Å². The number of carbonyl (C=O) groups excluding carboxylic acids is 2. The molecule has 2 aromatic carbocycles. The molecule has 5 nitrogen and oxygen atoms in total. The summed E-state index contributed by atoms with van der Waals surface area (Å²) in [7, 11) is 0. The lowest BCUT2D eigenvalue weighted by atomic mass is 10.1. The third kappa shape index (κ3) is 3.51. The Balaban J connectivity index is 1.82. The minimum absolute atomic E-state index is 0.104. The van der Waals surface area contributed by atoms with Crippen molar-refractivity contribution in [2.75, 3.05) is 10.3 Å². The van der Waals surface area contributed by atoms with E-state index in [9.17, 15) is 9.59 Å². The molecule has 0 radical (unpaired) electrons. The van der Waals surface area contributed by atoms with Crippen molar-refractivity contribution >= 4 is 28.9 Å². The molecule has 0 bridgehead atoms. The molecule has 24 heavy (non-hydrogen) atoms. The van der Waals surface area contributed by atoms with Gasteiger partial charge >= 0.3 is 0 Å². The highest BCUT2D eigenvalue weighted by Crippen LogP contribution is 2.21. The summed E-state index contributed by atoms with van der Waals surface area (Å²) in [5, 5.41) is 8.43. The fourth-order valence-corrected chi connectivity index (χ4v) is 2.52. The summed E-state index contributed by atoms with van der Waals surface area (Å²) in [4.78, 5) is 24.6. The third-order valence-corrected chi connectivity index (χ3v) is 3.85. The average molecular weight is 321 g/mol. The normalized spacial score (nSPS) is 14.3. The number of hydrogen-bond acceptors (Lipinski definition) is 3. The maximum absolute atomic E-state index is 12.4. The number of carbonyl (C=O) groups is 2. The van der Waals surface area contributed by atoms with Crippen molar-refractivity contribution < 1.29 is 9.59 Å². The largest absolute Gasteiger partial charge is 0.321 e. The van der Waals surface area contributed by atoms with Crippen molar-refractivity contribution in [2.24, 2.45) is 5.10 Å². The molecule has 1 N–H and O–H groups in total. The summed E-state index contributed by atoms with van der Waals surface area (Å²) in [6.07, 6.45) is 0.618. The molecule has 122 valence electrons. The van der Waals surface area contributed by atoms with Crippen LogP contribution in [0.2, 0.25) is 0 Å². The van der Waals surface area contributed by atoms with Gasteiger partial charge in [-0.15, -0.1) is 0 Å². The van der Waals surface area contributed by atoms with Crippen LogP contribution in [0, 0.1) is 13.8 Å². The molecule has 2 aromatic rings. The highest BCUT2D eigenvalue weighted by atomic mass is 16.2. The fraction of sp³-hybridized carbons (Fsp3) is 0.211. The van der Waals surface area contributed by atoms with Crippen LogP contribution in [-0.4, -0.2) is 17.5 Å². The molecule has 0 aliphatic carbocycles. The van der Waals surface area contributed by atoms with Gasteiger partial charge in [0.15, 0.2) is 0 Å². The van der Waals surface area contributed by atoms with Gasteiger partial charge in [0.1, 0.15) is 5.71 Å². The Morgan fingerprint density at radius 2 is 1.79 bits per heavy atom. The zero-order valence-corrected chi connectivity index (χ0v) is 13.7. The molecule has 1 heterocycles. The van der Waals surface area contributed by atoms with Crippen LogP contribution in [0.3, 0.4) is 0 Å². The number of nitrogens with zero attached hydrogens (tertiary/aromatic N) is 2. The summed E-state index contributed by atoms with van der Waals surface area (Å²) in [5.41, 5.74) is 3.91. The standard InChI is InChI=1S/C19H19N3O2/c1-13-6-8-15(9-7-13)20-19(24)17-10-11-18(23)22(21-17)16-5-3-4-14(2)12-16/h3-9,12H,10-11H2,1-2H3,(H,20,24). The quantitative estimate of drug-likeness (QED) is 0.941. The van der Waals surface area contributed by atoms with E-state index in [4.69, 9.17) is 0 Å². The van der Waals surface area contributed by atoms with E-state index in [-0.39, 0.29) is 18.2 Å². The first-order valence-electron chi connectivity index (χ1n) is 7.88. The average Bonchev–Trinajstić information content (AvgIpc) is 2.57. The molecule has 0 spiro atoms. The second-order valence-electron chi connectivity index (χ2n) is 5.91. The van der Waals surface area contributed by atoms with Crippen molar-refractivity contribution in [3.63, 3.8) is 0 Å². The highest BCUT2D eigenvalue weighted by molar-refractivity contribution is 6.44. The lowest BCUT2D eigenvalue weighted by Crippen LogP contribution is -2.36. The Morgan fingerprint density at radius 1 is 1.04 bits per heavy atom. The van der Waals surface area contributed by atoms with Crippen LogP contribution in [0.4, 0.5) is 11.4 Å². The Kier molecular flexibility index (Phi) is 4.42. The van der Waals surface area contributed by atoms with E-state index in [0.717, 1.165) is 11.1 Å². The van der Waals surface area contributed by atoms with Gasteiger partial charge < -0.3 is 5.32 Å². The lowest BCUT2D eigenvalue weighted by molar-refractivity contribution is -0.118. The lowest BCUT2D eigenvalue weighted by Gasteiger charge is -2.23. The van der Waals surface area contributed by atoms with E-state index < -0.39 is 0 Å². The minimum atomic E-state index is -0.274. The van der Waals surface area contributed by atoms with Crippen LogP contribution < -0.4 is 10.3 Å². The van der Waals surface area contributed by atoms with E-state index in [1.54, 1.807) is 0 Å². The number of hydrazone groups is 1. The Hall–Kier alpha value is -2.95. The first-order chi connectivity index (χ1) is 11.5. The van der Waals surface area contributed by atoms with Gasteiger partial charge in [0.05, 0.1) is 5.69 Å². The van der Waals surface area contributed by atoms with Gasteiger partial charge in [0.2, 0.25) is 5.91 Å². The zero-order valence-electron chi connectivity index (χ0n) is 13.7. The predicted molar refractivity (Wildman–Crippen MR) is 95.1 cm³/mol. The molecular formula is C19H19N3O2.